The van der Waals surface area contributed by atoms with Crippen LogP contribution in [0.1, 0.15) is 85.5 Å². The van der Waals surface area contributed by atoms with E-state index in [0.717, 1.165) is 0 Å². The van der Waals surface area contributed by atoms with Gasteiger partial charge in [-0.1, -0.05) is 39.3 Å². The van der Waals surface area contributed by atoms with Crippen molar-refractivity contribution in [2.24, 2.45) is 0 Å². The smallest absolute Gasteiger partial charge is 0.410 e. The van der Waals surface area contributed by atoms with Crippen LogP contribution >= 0.6 is 11.6 Å². The number of pyridine rings is 1. The van der Waals surface area contributed by atoms with Crippen molar-refractivity contribution < 1.29 is 13.9 Å². The SMILES string of the molecule is CC(C)c1ncnc(C(C)C)c1-n1c(=O)nc(N2CC(C)N(C(=O)OC(C)(C)C)CC2C)c2cc(F)c(Cl)nc21. The minimum atomic E-state index is -0.729. The van der Waals surface area contributed by atoms with Gasteiger partial charge >= 0.3 is 11.8 Å². The minimum Gasteiger partial charge on any atom is -0.444 e. The van der Waals surface area contributed by atoms with Gasteiger partial charge in [-0.25, -0.2) is 33.5 Å². The van der Waals surface area contributed by atoms with Crippen molar-refractivity contribution in [1.29, 1.82) is 0 Å². The lowest BCUT2D eigenvalue weighted by Crippen LogP contribution is -2.59. The van der Waals surface area contributed by atoms with Gasteiger partial charge in [0.05, 0.1) is 22.5 Å². The van der Waals surface area contributed by atoms with Gasteiger partial charge in [0, 0.05) is 25.2 Å². The molecule has 1 aliphatic heterocycles. The lowest BCUT2D eigenvalue weighted by molar-refractivity contribution is 0.0130. The highest BCUT2D eigenvalue weighted by molar-refractivity contribution is 6.30. The molecule has 0 saturated carbocycles. The molecule has 4 rings (SSSR count). The first-order chi connectivity index (χ1) is 18.6. The lowest BCUT2D eigenvalue weighted by atomic mass is 10.0. The molecule has 40 heavy (non-hydrogen) atoms. The Kier molecular flexibility index (Phi) is 8.08. The average Bonchev–Trinajstić information content (AvgIpc) is 2.84. The number of anilines is 1. The number of carbonyl (C=O) groups excluding carboxylic acids is 1. The number of nitrogens with zero attached hydrogens (tertiary/aromatic N) is 7. The Balaban J connectivity index is 1.91. The van der Waals surface area contributed by atoms with Crippen molar-refractivity contribution in [3.63, 3.8) is 0 Å². The number of amides is 1. The van der Waals surface area contributed by atoms with E-state index in [1.807, 2.05) is 67.2 Å². The molecule has 2 unspecified atom stereocenters. The van der Waals surface area contributed by atoms with E-state index in [0.29, 0.717) is 35.6 Å². The number of fused-ring (bicyclic) bond motifs is 1. The summed E-state index contributed by atoms with van der Waals surface area (Å²) in [5.74, 6) is -0.547. The molecule has 0 spiro atoms. The second kappa shape index (κ2) is 10.9. The van der Waals surface area contributed by atoms with E-state index in [-0.39, 0.29) is 40.5 Å². The summed E-state index contributed by atoms with van der Waals surface area (Å²) in [6.45, 7) is 17.8. The van der Waals surface area contributed by atoms with Gasteiger partial charge in [-0.05, 0) is 52.5 Å². The Labute approximate surface area is 238 Å². The van der Waals surface area contributed by atoms with Gasteiger partial charge < -0.3 is 14.5 Å². The fourth-order valence-electron chi connectivity index (χ4n) is 4.98. The van der Waals surface area contributed by atoms with Crippen LogP contribution in [0.5, 0.6) is 0 Å². The molecule has 1 saturated heterocycles. The highest BCUT2D eigenvalue weighted by atomic mass is 35.5. The minimum absolute atomic E-state index is 0.0464. The van der Waals surface area contributed by atoms with Crippen LogP contribution in [-0.4, -0.2) is 66.3 Å². The van der Waals surface area contributed by atoms with E-state index in [1.165, 1.54) is 17.0 Å². The van der Waals surface area contributed by atoms with Crippen LogP contribution in [-0.2, 0) is 4.74 Å². The summed E-state index contributed by atoms with van der Waals surface area (Å²) in [5, 5.41) is -0.0393. The molecule has 0 aliphatic carbocycles. The molecule has 1 aliphatic rings. The van der Waals surface area contributed by atoms with Crippen LogP contribution in [0.3, 0.4) is 0 Å². The molecule has 1 fully saturated rings. The fraction of sp³-hybridized carbons (Fsp3) is 0.571. The van der Waals surface area contributed by atoms with Crippen molar-refractivity contribution in [2.45, 2.75) is 91.8 Å². The summed E-state index contributed by atoms with van der Waals surface area (Å²) in [4.78, 5) is 48.1. The number of ether oxygens (including phenoxy) is 1. The second-order valence-corrected chi connectivity index (χ2v) is 12.3. The normalized spacial score (nSPS) is 18.2. The quantitative estimate of drug-likeness (QED) is 0.380. The maximum Gasteiger partial charge on any atom is 0.410 e. The van der Waals surface area contributed by atoms with Crippen molar-refractivity contribution in [3.05, 3.63) is 45.2 Å². The average molecular weight is 574 g/mol. The first-order valence-electron chi connectivity index (χ1n) is 13.5. The molecule has 0 bridgehead atoms. The zero-order chi connectivity index (χ0) is 29.7. The van der Waals surface area contributed by atoms with Gasteiger partial charge in [0.15, 0.2) is 16.6 Å². The van der Waals surface area contributed by atoms with Gasteiger partial charge in [-0.2, -0.15) is 4.98 Å². The molecular weight excluding hydrogens is 537 g/mol. The third-order valence-corrected chi connectivity index (χ3v) is 7.11. The van der Waals surface area contributed by atoms with Gasteiger partial charge in [0.2, 0.25) is 0 Å². The van der Waals surface area contributed by atoms with Gasteiger partial charge in [0.25, 0.3) is 0 Å². The molecule has 0 N–H and O–H groups in total. The molecule has 1 amide bonds. The van der Waals surface area contributed by atoms with E-state index < -0.39 is 23.2 Å². The molecular formula is C28H37ClFN7O3. The largest absolute Gasteiger partial charge is 0.444 e. The summed E-state index contributed by atoms with van der Waals surface area (Å²) in [6.07, 6.45) is 1.07. The van der Waals surface area contributed by atoms with Crippen LogP contribution in [0.25, 0.3) is 16.7 Å². The van der Waals surface area contributed by atoms with Gasteiger partial charge in [0.1, 0.15) is 17.7 Å². The zero-order valence-electron chi connectivity index (χ0n) is 24.5. The molecule has 12 heteroatoms. The number of aromatic nitrogens is 5. The number of rotatable bonds is 4. The van der Waals surface area contributed by atoms with E-state index in [4.69, 9.17) is 16.3 Å². The van der Waals surface area contributed by atoms with Crippen LogP contribution in [0.2, 0.25) is 5.15 Å². The highest BCUT2D eigenvalue weighted by Gasteiger charge is 2.36. The van der Waals surface area contributed by atoms with Crippen LogP contribution in [0.15, 0.2) is 17.2 Å². The zero-order valence-corrected chi connectivity index (χ0v) is 25.2. The predicted molar refractivity (Wildman–Crippen MR) is 153 cm³/mol. The summed E-state index contributed by atoms with van der Waals surface area (Å²) >= 11 is 6.18. The number of halogens is 2. The number of piperazine rings is 1. The molecule has 3 aromatic heterocycles. The Bertz CT molecular complexity index is 1480. The third kappa shape index (κ3) is 5.61. The van der Waals surface area contributed by atoms with Crippen molar-refractivity contribution in [2.75, 3.05) is 18.0 Å². The molecule has 10 nitrogen and oxygen atoms in total. The summed E-state index contributed by atoms with van der Waals surface area (Å²) in [7, 11) is 0. The van der Waals surface area contributed by atoms with Crippen LogP contribution in [0, 0.1) is 5.82 Å². The van der Waals surface area contributed by atoms with E-state index >= 15 is 0 Å². The monoisotopic (exact) mass is 573 g/mol. The topological polar surface area (TPSA) is 106 Å². The van der Waals surface area contributed by atoms with E-state index in [9.17, 15) is 14.0 Å². The van der Waals surface area contributed by atoms with Crippen molar-refractivity contribution in [1.82, 2.24) is 29.4 Å². The van der Waals surface area contributed by atoms with Crippen molar-refractivity contribution >= 4 is 34.5 Å². The Hall–Kier alpha value is -3.34. The first-order valence-corrected chi connectivity index (χ1v) is 13.9. The molecule has 216 valence electrons. The maximum atomic E-state index is 14.9. The van der Waals surface area contributed by atoms with E-state index in [2.05, 4.69) is 19.9 Å². The third-order valence-electron chi connectivity index (χ3n) is 6.84. The van der Waals surface area contributed by atoms with Gasteiger partial charge in [-0.15, -0.1) is 0 Å². The number of hydrogen-bond acceptors (Lipinski definition) is 8. The van der Waals surface area contributed by atoms with Crippen molar-refractivity contribution in [3.8, 4) is 5.69 Å². The van der Waals surface area contributed by atoms with Crippen LogP contribution in [0.4, 0.5) is 15.0 Å². The van der Waals surface area contributed by atoms with Gasteiger partial charge in [-0.3, -0.25) is 0 Å². The second-order valence-electron chi connectivity index (χ2n) is 12.0. The summed E-state index contributed by atoms with van der Waals surface area (Å²) < 4.78 is 21.9. The molecule has 3 aromatic rings. The highest BCUT2D eigenvalue weighted by Crippen LogP contribution is 2.34. The Morgan fingerprint density at radius 3 is 2.20 bits per heavy atom. The predicted octanol–water partition coefficient (Wildman–Crippen LogP) is 5.44. The van der Waals surface area contributed by atoms with E-state index in [1.54, 1.807) is 4.90 Å². The Morgan fingerprint density at radius 2 is 1.65 bits per heavy atom. The molecule has 2 atom stereocenters. The molecule has 0 radical (unpaired) electrons. The lowest BCUT2D eigenvalue weighted by Gasteiger charge is -2.44. The standard InChI is InChI=1S/C28H37ClFN7O3/c1-14(2)20-22(21(15(3)4)32-13-31-20)37-25-18(10-19(30)23(29)33-25)24(34-26(37)38)35-11-17(6)36(12-16(35)5)27(39)40-28(7,8)9/h10,13-17H,11-12H2,1-9H3. The summed E-state index contributed by atoms with van der Waals surface area (Å²) in [5.41, 5.74) is 0.693. The van der Waals surface area contributed by atoms with Crippen LogP contribution < -0.4 is 10.6 Å². The first kappa shape index (κ1) is 29.6. The number of carbonyl (C=O) groups is 1. The fourth-order valence-corrected chi connectivity index (χ4v) is 5.12. The summed E-state index contributed by atoms with van der Waals surface area (Å²) in [6, 6.07) is 0.734. The maximum absolute atomic E-state index is 14.9. The Morgan fingerprint density at radius 1 is 1.05 bits per heavy atom. The molecule has 0 aromatic carbocycles. The number of hydrogen-bond donors (Lipinski definition) is 0. The molecule has 4 heterocycles.